The highest BCUT2D eigenvalue weighted by Gasteiger charge is 2.18. The second-order valence-electron chi connectivity index (χ2n) is 4.75. The van der Waals surface area contributed by atoms with E-state index in [9.17, 15) is 4.79 Å². The molecule has 1 atom stereocenters. The van der Waals surface area contributed by atoms with Gasteiger partial charge in [0.05, 0.1) is 24.9 Å². The minimum atomic E-state index is -0.677. The standard InChI is InChI=1S/C17H18ClNO4/c1-11(23-12-7-5-4-6-8-12)17(20)19-14-10-15(21-2)13(18)9-16(14)22-3/h4-11H,1-3H3,(H,19,20)/t11-/m0/s1. The Hall–Kier alpha value is -2.40. The van der Waals surface area contributed by atoms with Crippen molar-refractivity contribution in [3.63, 3.8) is 0 Å². The molecule has 1 N–H and O–H groups in total. The fourth-order valence-electron chi connectivity index (χ4n) is 1.95. The van der Waals surface area contributed by atoms with Crippen LogP contribution in [0.15, 0.2) is 42.5 Å². The summed E-state index contributed by atoms with van der Waals surface area (Å²) < 4.78 is 16.0. The highest BCUT2D eigenvalue weighted by Crippen LogP contribution is 2.35. The second kappa shape index (κ2) is 7.74. The molecule has 23 heavy (non-hydrogen) atoms. The van der Waals surface area contributed by atoms with Crippen LogP contribution < -0.4 is 19.5 Å². The number of hydrogen-bond donors (Lipinski definition) is 1. The zero-order valence-electron chi connectivity index (χ0n) is 13.1. The van der Waals surface area contributed by atoms with Gasteiger partial charge in [-0.3, -0.25) is 4.79 Å². The predicted octanol–water partition coefficient (Wildman–Crippen LogP) is 3.76. The number of rotatable bonds is 6. The summed E-state index contributed by atoms with van der Waals surface area (Å²) in [4.78, 5) is 12.3. The summed E-state index contributed by atoms with van der Waals surface area (Å²) in [6.45, 7) is 1.67. The molecule has 0 bridgehead atoms. The normalized spacial score (nSPS) is 11.5. The fourth-order valence-corrected chi connectivity index (χ4v) is 2.18. The van der Waals surface area contributed by atoms with Crippen LogP contribution in [0.4, 0.5) is 5.69 Å². The lowest BCUT2D eigenvalue weighted by Gasteiger charge is -2.17. The van der Waals surface area contributed by atoms with Gasteiger partial charge in [-0.05, 0) is 19.1 Å². The first-order valence-corrected chi connectivity index (χ1v) is 7.37. The van der Waals surface area contributed by atoms with Crippen molar-refractivity contribution in [1.29, 1.82) is 0 Å². The van der Waals surface area contributed by atoms with E-state index in [2.05, 4.69) is 5.32 Å². The second-order valence-corrected chi connectivity index (χ2v) is 5.16. The molecule has 0 aliphatic heterocycles. The van der Waals surface area contributed by atoms with Crippen molar-refractivity contribution in [2.45, 2.75) is 13.0 Å². The van der Waals surface area contributed by atoms with E-state index in [1.54, 1.807) is 31.2 Å². The molecule has 2 aromatic rings. The number of halogens is 1. The summed E-state index contributed by atoms with van der Waals surface area (Å²) in [5.41, 5.74) is 0.460. The first kappa shape index (κ1) is 17.0. The number of methoxy groups -OCH3 is 2. The molecule has 0 fully saturated rings. The molecule has 122 valence electrons. The van der Waals surface area contributed by atoms with Crippen molar-refractivity contribution in [3.8, 4) is 17.2 Å². The van der Waals surface area contributed by atoms with Crippen molar-refractivity contribution < 1.29 is 19.0 Å². The molecule has 0 unspecified atom stereocenters. The maximum atomic E-state index is 12.3. The topological polar surface area (TPSA) is 56.8 Å². The number of hydrogen-bond acceptors (Lipinski definition) is 4. The zero-order valence-corrected chi connectivity index (χ0v) is 13.9. The summed E-state index contributed by atoms with van der Waals surface area (Å²) in [6, 6.07) is 12.3. The summed E-state index contributed by atoms with van der Waals surface area (Å²) in [5.74, 6) is 1.20. The molecule has 0 aliphatic rings. The number of ether oxygens (including phenoxy) is 3. The summed E-state index contributed by atoms with van der Waals surface area (Å²) in [6.07, 6.45) is -0.677. The van der Waals surface area contributed by atoms with Gasteiger partial charge < -0.3 is 19.5 Å². The van der Waals surface area contributed by atoms with Crippen LogP contribution >= 0.6 is 11.6 Å². The Kier molecular flexibility index (Phi) is 5.71. The van der Waals surface area contributed by atoms with Gasteiger partial charge in [-0.15, -0.1) is 0 Å². The number of nitrogens with one attached hydrogen (secondary N) is 1. The third-order valence-electron chi connectivity index (χ3n) is 3.16. The van der Waals surface area contributed by atoms with Crippen LogP contribution in [0.5, 0.6) is 17.2 Å². The molecule has 0 aromatic heterocycles. The van der Waals surface area contributed by atoms with E-state index in [4.69, 9.17) is 25.8 Å². The number of carbonyl (C=O) groups excluding carboxylic acids is 1. The minimum absolute atomic E-state index is 0.309. The van der Waals surface area contributed by atoms with Crippen LogP contribution in [-0.4, -0.2) is 26.2 Å². The Balaban J connectivity index is 2.13. The largest absolute Gasteiger partial charge is 0.495 e. The lowest BCUT2D eigenvalue weighted by atomic mass is 10.2. The van der Waals surface area contributed by atoms with E-state index in [0.717, 1.165) is 0 Å². The number of para-hydroxylation sites is 1. The Morgan fingerprint density at radius 2 is 1.74 bits per heavy atom. The van der Waals surface area contributed by atoms with Crippen LogP contribution in [0.2, 0.25) is 5.02 Å². The van der Waals surface area contributed by atoms with E-state index in [-0.39, 0.29) is 5.91 Å². The van der Waals surface area contributed by atoms with Gasteiger partial charge in [-0.2, -0.15) is 0 Å². The van der Waals surface area contributed by atoms with E-state index in [0.29, 0.717) is 28.0 Å². The molecule has 6 heteroatoms. The lowest BCUT2D eigenvalue weighted by Crippen LogP contribution is -2.30. The van der Waals surface area contributed by atoms with E-state index in [1.807, 2.05) is 18.2 Å². The van der Waals surface area contributed by atoms with Gasteiger partial charge >= 0.3 is 0 Å². The first-order chi connectivity index (χ1) is 11.0. The number of carbonyl (C=O) groups is 1. The molecular formula is C17H18ClNO4. The summed E-state index contributed by atoms with van der Waals surface area (Å²) in [5, 5.41) is 3.15. The minimum Gasteiger partial charge on any atom is -0.495 e. The number of benzene rings is 2. The van der Waals surface area contributed by atoms with Crippen molar-refractivity contribution in [1.82, 2.24) is 0 Å². The van der Waals surface area contributed by atoms with Gasteiger partial charge in [0.15, 0.2) is 6.10 Å². The van der Waals surface area contributed by atoms with Crippen LogP contribution in [-0.2, 0) is 4.79 Å². The molecule has 0 saturated carbocycles. The van der Waals surface area contributed by atoms with Crippen LogP contribution in [0.1, 0.15) is 6.92 Å². The summed E-state index contributed by atoms with van der Waals surface area (Å²) in [7, 11) is 3.00. The van der Waals surface area contributed by atoms with Crippen LogP contribution in [0, 0.1) is 0 Å². The Morgan fingerprint density at radius 1 is 1.09 bits per heavy atom. The lowest BCUT2D eigenvalue weighted by molar-refractivity contribution is -0.122. The van der Waals surface area contributed by atoms with Gasteiger partial charge in [0.1, 0.15) is 17.2 Å². The van der Waals surface area contributed by atoms with E-state index < -0.39 is 6.10 Å². The average Bonchev–Trinajstić information content (AvgIpc) is 2.56. The van der Waals surface area contributed by atoms with Crippen LogP contribution in [0.3, 0.4) is 0 Å². The fraction of sp³-hybridized carbons (Fsp3) is 0.235. The van der Waals surface area contributed by atoms with Gasteiger partial charge in [0, 0.05) is 12.1 Å². The SMILES string of the molecule is COc1cc(NC(=O)[C@H](C)Oc2ccccc2)c(OC)cc1Cl. The molecule has 0 aliphatic carbocycles. The first-order valence-electron chi connectivity index (χ1n) is 6.99. The molecule has 1 amide bonds. The third-order valence-corrected chi connectivity index (χ3v) is 3.45. The predicted molar refractivity (Wildman–Crippen MR) is 89.7 cm³/mol. The van der Waals surface area contributed by atoms with Crippen molar-refractivity contribution in [3.05, 3.63) is 47.5 Å². The van der Waals surface area contributed by atoms with Gasteiger partial charge in [-0.1, -0.05) is 29.8 Å². The molecule has 0 spiro atoms. The van der Waals surface area contributed by atoms with Crippen molar-refractivity contribution >= 4 is 23.2 Å². The number of amides is 1. The third kappa shape index (κ3) is 4.29. The molecule has 5 nitrogen and oxygen atoms in total. The monoisotopic (exact) mass is 335 g/mol. The average molecular weight is 336 g/mol. The Bertz CT molecular complexity index is 676. The molecule has 0 radical (unpaired) electrons. The molecule has 2 aromatic carbocycles. The van der Waals surface area contributed by atoms with E-state index in [1.165, 1.54) is 14.2 Å². The van der Waals surface area contributed by atoms with Gasteiger partial charge in [0.25, 0.3) is 5.91 Å². The maximum absolute atomic E-state index is 12.3. The van der Waals surface area contributed by atoms with Gasteiger partial charge in [-0.25, -0.2) is 0 Å². The highest BCUT2D eigenvalue weighted by molar-refractivity contribution is 6.32. The molecule has 0 saturated heterocycles. The van der Waals surface area contributed by atoms with Crippen LogP contribution in [0.25, 0.3) is 0 Å². The quantitative estimate of drug-likeness (QED) is 0.873. The summed E-state index contributed by atoms with van der Waals surface area (Å²) >= 11 is 6.04. The highest BCUT2D eigenvalue weighted by atomic mass is 35.5. The maximum Gasteiger partial charge on any atom is 0.265 e. The molecular weight excluding hydrogens is 318 g/mol. The van der Waals surface area contributed by atoms with E-state index >= 15 is 0 Å². The Labute approximate surface area is 140 Å². The molecule has 0 heterocycles. The smallest absolute Gasteiger partial charge is 0.265 e. The number of anilines is 1. The molecule has 2 rings (SSSR count). The zero-order chi connectivity index (χ0) is 16.8. The van der Waals surface area contributed by atoms with Crippen molar-refractivity contribution in [2.75, 3.05) is 19.5 Å². The van der Waals surface area contributed by atoms with Crippen molar-refractivity contribution in [2.24, 2.45) is 0 Å². The van der Waals surface area contributed by atoms with Gasteiger partial charge in [0.2, 0.25) is 0 Å². The Morgan fingerprint density at radius 3 is 2.35 bits per heavy atom.